The average Bonchev–Trinajstić information content (AvgIpc) is 2.84. The molecule has 36 heavy (non-hydrogen) atoms. The van der Waals surface area contributed by atoms with Crippen LogP contribution in [0.15, 0.2) is 48.5 Å². The van der Waals surface area contributed by atoms with E-state index in [9.17, 15) is 19.5 Å². The van der Waals surface area contributed by atoms with Gasteiger partial charge in [0.1, 0.15) is 11.8 Å². The van der Waals surface area contributed by atoms with Gasteiger partial charge in [0.15, 0.2) is 0 Å². The molecule has 0 bridgehead atoms. The molecule has 0 radical (unpaired) electrons. The molecule has 0 saturated heterocycles. The van der Waals surface area contributed by atoms with Crippen molar-refractivity contribution in [2.75, 3.05) is 18.9 Å². The second-order valence-electron chi connectivity index (χ2n) is 9.47. The fourth-order valence-electron chi connectivity index (χ4n) is 3.70. The molecule has 0 heterocycles. The molecule has 2 aromatic rings. The van der Waals surface area contributed by atoms with Gasteiger partial charge in [0.2, 0.25) is 17.7 Å². The van der Waals surface area contributed by atoms with Gasteiger partial charge in [-0.1, -0.05) is 44.2 Å². The first-order valence-corrected chi connectivity index (χ1v) is 12.6. The van der Waals surface area contributed by atoms with E-state index in [4.69, 9.17) is 0 Å². The average molecular weight is 497 g/mol. The number of phenols is 1. The third kappa shape index (κ3) is 10.1. The van der Waals surface area contributed by atoms with E-state index in [-0.39, 0.29) is 23.5 Å². The maximum absolute atomic E-state index is 12.8. The molecule has 0 aliphatic rings. The minimum Gasteiger partial charge on any atom is -0.508 e. The molecule has 0 unspecified atom stereocenters. The van der Waals surface area contributed by atoms with E-state index >= 15 is 0 Å². The molecule has 2 aromatic carbocycles. The Morgan fingerprint density at radius 1 is 0.944 bits per heavy atom. The highest BCUT2D eigenvalue weighted by Crippen LogP contribution is 2.18. The zero-order valence-corrected chi connectivity index (χ0v) is 21.8. The number of rotatable bonds is 14. The summed E-state index contributed by atoms with van der Waals surface area (Å²) in [6, 6.07) is 12.9. The Balaban J connectivity index is 1.86. The number of carbonyl (C=O) groups excluding carboxylic acids is 3. The normalized spacial score (nSPS) is 12.6. The Morgan fingerprint density at radius 3 is 2.31 bits per heavy atom. The lowest BCUT2D eigenvalue weighted by Gasteiger charge is -2.20. The van der Waals surface area contributed by atoms with Crippen LogP contribution in [0.5, 0.6) is 5.75 Å². The van der Waals surface area contributed by atoms with Gasteiger partial charge >= 0.3 is 0 Å². The highest BCUT2D eigenvalue weighted by atomic mass is 16.3. The van der Waals surface area contributed by atoms with Crippen molar-refractivity contribution in [3.05, 3.63) is 59.7 Å². The van der Waals surface area contributed by atoms with Gasteiger partial charge in [-0.15, -0.1) is 0 Å². The summed E-state index contributed by atoms with van der Waals surface area (Å²) in [4.78, 5) is 37.6. The third-order valence-electron chi connectivity index (χ3n) is 5.96. The number of nitrogens with one attached hydrogen (secondary N) is 4. The summed E-state index contributed by atoms with van der Waals surface area (Å²) < 4.78 is 0. The Morgan fingerprint density at radius 2 is 1.64 bits per heavy atom. The molecular formula is C28H40N4O4. The van der Waals surface area contributed by atoms with Gasteiger partial charge in [-0.25, -0.2) is 0 Å². The van der Waals surface area contributed by atoms with E-state index < -0.39 is 12.1 Å². The number of para-hydroxylation sites is 1. The van der Waals surface area contributed by atoms with E-state index in [1.165, 1.54) is 0 Å². The largest absolute Gasteiger partial charge is 0.508 e. The predicted octanol–water partition coefficient (Wildman–Crippen LogP) is 3.15. The van der Waals surface area contributed by atoms with Crippen molar-refractivity contribution in [3.8, 4) is 5.75 Å². The lowest BCUT2D eigenvalue weighted by molar-refractivity contribution is -0.127. The van der Waals surface area contributed by atoms with Crippen LogP contribution in [0.25, 0.3) is 0 Å². The summed E-state index contributed by atoms with van der Waals surface area (Å²) >= 11 is 0. The van der Waals surface area contributed by atoms with Crippen LogP contribution in [0.2, 0.25) is 0 Å². The zero-order valence-electron chi connectivity index (χ0n) is 21.8. The van der Waals surface area contributed by atoms with E-state index in [1.807, 2.05) is 24.3 Å². The molecule has 0 aliphatic heterocycles. The van der Waals surface area contributed by atoms with Crippen LogP contribution in [-0.2, 0) is 27.2 Å². The summed E-state index contributed by atoms with van der Waals surface area (Å²) in [5.74, 6) is 0.155. The number of likely N-dealkylation sites (N-methyl/N-ethyl adjacent to an activating group) is 1. The Labute approximate surface area is 214 Å². The van der Waals surface area contributed by atoms with Gasteiger partial charge < -0.3 is 26.4 Å². The smallest absolute Gasteiger partial charge is 0.246 e. The Bertz CT molecular complexity index is 991. The summed E-state index contributed by atoms with van der Waals surface area (Å²) in [5, 5.41) is 21.0. The first kappa shape index (κ1) is 28.8. The highest BCUT2D eigenvalue weighted by Gasteiger charge is 2.22. The van der Waals surface area contributed by atoms with E-state index in [2.05, 4.69) is 35.1 Å². The topological polar surface area (TPSA) is 120 Å². The summed E-state index contributed by atoms with van der Waals surface area (Å²) in [6.45, 7) is 6.59. The fourth-order valence-corrected chi connectivity index (χ4v) is 3.70. The van der Waals surface area contributed by atoms with Crippen LogP contribution in [-0.4, -0.2) is 48.5 Å². The van der Waals surface area contributed by atoms with Crippen LogP contribution in [0.1, 0.15) is 51.2 Å². The number of aromatic hydroxyl groups is 1. The van der Waals surface area contributed by atoms with Gasteiger partial charge in [0.25, 0.3) is 0 Å². The summed E-state index contributed by atoms with van der Waals surface area (Å²) in [5.41, 5.74) is 2.51. The minimum atomic E-state index is -0.743. The molecule has 8 nitrogen and oxygen atoms in total. The fraction of sp³-hybridized carbons (Fsp3) is 0.464. The molecule has 3 amide bonds. The van der Waals surface area contributed by atoms with Gasteiger partial charge in [0.05, 0.1) is 6.04 Å². The predicted molar refractivity (Wildman–Crippen MR) is 143 cm³/mol. The monoisotopic (exact) mass is 496 g/mol. The van der Waals surface area contributed by atoms with E-state index in [1.54, 1.807) is 38.2 Å². The van der Waals surface area contributed by atoms with Crippen molar-refractivity contribution in [1.82, 2.24) is 16.0 Å². The van der Waals surface area contributed by atoms with Crippen LogP contribution in [0.4, 0.5) is 5.69 Å². The maximum atomic E-state index is 12.8. The van der Waals surface area contributed by atoms with Gasteiger partial charge in [-0.05, 0) is 74.9 Å². The number of hydrogen-bond acceptors (Lipinski definition) is 5. The minimum absolute atomic E-state index is 0.0416. The van der Waals surface area contributed by atoms with Crippen molar-refractivity contribution < 1.29 is 19.5 Å². The molecule has 2 rings (SSSR count). The molecule has 2 atom stereocenters. The third-order valence-corrected chi connectivity index (χ3v) is 5.96. The second kappa shape index (κ2) is 14.9. The molecule has 0 saturated carbocycles. The number of phenolic OH excluding ortho intramolecular Hbond substituents is 1. The van der Waals surface area contributed by atoms with Crippen molar-refractivity contribution in [2.24, 2.45) is 5.92 Å². The van der Waals surface area contributed by atoms with E-state index in [0.29, 0.717) is 43.8 Å². The van der Waals surface area contributed by atoms with Crippen LogP contribution in [0.3, 0.4) is 0 Å². The second-order valence-corrected chi connectivity index (χ2v) is 9.47. The van der Waals surface area contributed by atoms with Gasteiger partial charge in [0, 0.05) is 18.7 Å². The van der Waals surface area contributed by atoms with Crippen LogP contribution < -0.4 is 21.3 Å². The van der Waals surface area contributed by atoms with Crippen molar-refractivity contribution in [1.29, 1.82) is 0 Å². The lowest BCUT2D eigenvalue weighted by Crippen LogP contribution is -2.50. The van der Waals surface area contributed by atoms with Crippen molar-refractivity contribution in [2.45, 2.75) is 65.0 Å². The van der Waals surface area contributed by atoms with Crippen LogP contribution >= 0.6 is 0 Å². The number of amides is 3. The quantitative estimate of drug-likeness (QED) is 0.275. The van der Waals surface area contributed by atoms with Gasteiger partial charge in [-0.2, -0.15) is 0 Å². The summed E-state index contributed by atoms with van der Waals surface area (Å²) in [7, 11) is 1.69. The van der Waals surface area contributed by atoms with Gasteiger partial charge in [-0.3, -0.25) is 14.4 Å². The maximum Gasteiger partial charge on any atom is 0.246 e. The first-order valence-electron chi connectivity index (χ1n) is 12.6. The number of anilines is 1. The number of aryl methyl sites for hydroxylation is 1. The first-order chi connectivity index (χ1) is 17.2. The van der Waals surface area contributed by atoms with Crippen LogP contribution in [0, 0.1) is 5.92 Å². The molecule has 0 aliphatic carbocycles. The Kier molecular flexibility index (Phi) is 11.9. The van der Waals surface area contributed by atoms with E-state index in [0.717, 1.165) is 17.5 Å². The van der Waals surface area contributed by atoms with Crippen molar-refractivity contribution >= 4 is 23.4 Å². The molecule has 0 aromatic heterocycles. The molecule has 0 fully saturated rings. The highest BCUT2D eigenvalue weighted by molar-refractivity contribution is 5.98. The summed E-state index contributed by atoms with van der Waals surface area (Å²) in [6.07, 6.45) is 3.14. The molecular weight excluding hydrogens is 456 g/mol. The number of hydrogen-bond donors (Lipinski definition) is 5. The zero-order chi connectivity index (χ0) is 26.5. The molecule has 8 heteroatoms. The molecule has 0 spiro atoms. The number of carbonyl (C=O) groups is 3. The standard InChI is InChI=1S/C28H40N4O4/c1-19(2)16-17-30-26(34)11-7-9-22-8-5-6-10-24(22)32-27(35)20(3)31-28(36)25(29-4)18-21-12-14-23(33)15-13-21/h5-6,8,10,12-15,19-20,25,29,33H,7,9,11,16-18H2,1-4H3,(H,30,34)(H,31,36)(H,32,35)/t20-,25+/m1/s1. The lowest BCUT2D eigenvalue weighted by atomic mass is 10.0. The van der Waals surface area contributed by atoms with Crippen molar-refractivity contribution in [3.63, 3.8) is 0 Å². The number of benzene rings is 2. The molecule has 196 valence electrons. The Hall–Kier alpha value is -3.39. The molecule has 5 N–H and O–H groups in total. The SMILES string of the molecule is CN[C@@H](Cc1ccc(O)cc1)C(=O)N[C@H](C)C(=O)Nc1ccccc1CCCC(=O)NCCC(C)C.